The lowest BCUT2D eigenvalue weighted by atomic mass is 9.92. The molecular weight excluding hydrogens is 294 g/mol. The number of hydrogen-bond donors (Lipinski definition) is 1. The normalized spacial score (nSPS) is 21.4. The van der Waals surface area contributed by atoms with E-state index in [-0.39, 0.29) is 12.5 Å². The minimum absolute atomic E-state index is 0.112. The van der Waals surface area contributed by atoms with Gasteiger partial charge in [0.25, 0.3) is 5.91 Å². The average Bonchev–Trinajstić information content (AvgIpc) is 3.06. The Bertz CT molecular complexity index is 673. The van der Waals surface area contributed by atoms with Gasteiger partial charge in [-0.05, 0) is 30.9 Å². The van der Waals surface area contributed by atoms with Crippen molar-refractivity contribution in [2.75, 3.05) is 13.1 Å². The highest BCUT2D eigenvalue weighted by atomic mass is 16.3. The molecule has 0 saturated carbocycles. The summed E-state index contributed by atoms with van der Waals surface area (Å²) in [5.41, 5.74) is 0.436. The van der Waals surface area contributed by atoms with Gasteiger partial charge in [-0.2, -0.15) is 0 Å². The highest BCUT2D eigenvalue weighted by molar-refractivity contribution is 5.93. The van der Waals surface area contributed by atoms with Gasteiger partial charge in [-0.25, -0.2) is 4.68 Å². The predicted octanol–water partition coefficient (Wildman–Crippen LogP) is 0.903. The first-order valence-electron chi connectivity index (χ1n) is 7.91. The quantitative estimate of drug-likeness (QED) is 0.906. The molecule has 0 aromatic carbocycles. The third kappa shape index (κ3) is 3.39. The van der Waals surface area contributed by atoms with Crippen LogP contribution < -0.4 is 0 Å². The summed E-state index contributed by atoms with van der Waals surface area (Å²) in [7, 11) is 0. The van der Waals surface area contributed by atoms with Crippen molar-refractivity contribution in [2.45, 2.75) is 38.3 Å². The van der Waals surface area contributed by atoms with Gasteiger partial charge in [0.2, 0.25) is 0 Å². The van der Waals surface area contributed by atoms with Gasteiger partial charge >= 0.3 is 0 Å². The van der Waals surface area contributed by atoms with Crippen LogP contribution in [0.5, 0.6) is 0 Å². The molecule has 1 N–H and O–H groups in total. The number of aryl methyl sites for hydroxylation is 1. The van der Waals surface area contributed by atoms with Crippen molar-refractivity contribution in [2.24, 2.45) is 0 Å². The van der Waals surface area contributed by atoms with Crippen LogP contribution in [0.4, 0.5) is 0 Å². The van der Waals surface area contributed by atoms with Gasteiger partial charge in [0.05, 0.1) is 19.3 Å². The minimum atomic E-state index is -0.983. The highest BCUT2D eigenvalue weighted by Crippen LogP contribution is 2.24. The molecule has 1 amide bonds. The van der Waals surface area contributed by atoms with E-state index in [1.807, 2.05) is 19.1 Å². The summed E-state index contributed by atoms with van der Waals surface area (Å²) in [4.78, 5) is 18.7. The first-order valence-corrected chi connectivity index (χ1v) is 7.91. The van der Waals surface area contributed by atoms with Crippen LogP contribution in [-0.2, 0) is 13.0 Å². The monoisotopic (exact) mass is 315 g/mol. The lowest BCUT2D eigenvalue weighted by molar-refractivity contribution is -0.0389. The van der Waals surface area contributed by atoms with Crippen molar-refractivity contribution in [3.8, 4) is 0 Å². The molecule has 3 rings (SSSR count). The summed E-state index contributed by atoms with van der Waals surface area (Å²) in [5, 5.41) is 18.5. The Morgan fingerprint density at radius 3 is 3.04 bits per heavy atom. The number of nitrogens with zero attached hydrogens (tertiary/aromatic N) is 5. The lowest BCUT2D eigenvalue weighted by Crippen LogP contribution is -2.52. The van der Waals surface area contributed by atoms with E-state index in [0.717, 1.165) is 18.4 Å². The van der Waals surface area contributed by atoms with E-state index in [4.69, 9.17) is 0 Å². The topological polar surface area (TPSA) is 84.1 Å². The Morgan fingerprint density at radius 2 is 2.30 bits per heavy atom. The fourth-order valence-electron chi connectivity index (χ4n) is 3.10. The van der Waals surface area contributed by atoms with Crippen LogP contribution in [-0.4, -0.2) is 54.6 Å². The molecule has 23 heavy (non-hydrogen) atoms. The highest BCUT2D eigenvalue weighted by Gasteiger charge is 2.36. The molecule has 0 aliphatic carbocycles. The van der Waals surface area contributed by atoms with Gasteiger partial charge in [-0.3, -0.25) is 9.78 Å². The molecule has 1 saturated heterocycles. The maximum absolute atomic E-state index is 12.8. The molecule has 0 radical (unpaired) electrons. The molecule has 7 heteroatoms. The molecule has 1 aliphatic heterocycles. The van der Waals surface area contributed by atoms with E-state index < -0.39 is 5.60 Å². The molecule has 2 aromatic heterocycles. The third-order valence-corrected chi connectivity index (χ3v) is 4.25. The van der Waals surface area contributed by atoms with Gasteiger partial charge in [-0.1, -0.05) is 18.2 Å². The summed E-state index contributed by atoms with van der Waals surface area (Å²) in [5.74, 6) is -0.112. The van der Waals surface area contributed by atoms with Crippen molar-refractivity contribution in [1.29, 1.82) is 0 Å². The second-order valence-electron chi connectivity index (χ2n) is 6.02. The van der Waals surface area contributed by atoms with Gasteiger partial charge in [-0.15, -0.1) is 5.10 Å². The van der Waals surface area contributed by atoms with E-state index >= 15 is 0 Å². The van der Waals surface area contributed by atoms with E-state index in [1.54, 1.807) is 28.2 Å². The number of carbonyl (C=O) groups excluding carboxylic acids is 1. The smallest absolute Gasteiger partial charge is 0.272 e. The molecule has 0 spiro atoms. The average molecular weight is 315 g/mol. The first-order chi connectivity index (χ1) is 11.1. The number of aromatic nitrogens is 4. The number of β-amino-alcohol motifs (C(OH)–C–C–N with tert-alkyl or cyclic N) is 1. The maximum Gasteiger partial charge on any atom is 0.272 e. The van der Waals surface area contributed by atoms with Gasteiger partial charge in [0, 0.05) is 18.9 Å². The molecule has 0 bridgehead atoms. The van der Waals surface area contributed by atoms with Crippen LogP contribution in [0.2, 0.25) is 0 Å². The Hall–Kier alpha value is -2.28. The fourth-order valence-corrected chi connectivity index (χ4v) is 3.10. The summed E-state index contributed by atoms with van der Waals surface area (Å²) in [6, 6.07) is 3.76. The Kier molecular flexibility index (Phi) is 4.38. The number of pyridine rings is 1. The van der Waals surface area contributed by atoms with Crippen LogP contribution in [0, 0.1) is 0 Å². The van der Waals surface area contributed by atoms with Crippen LogP contribution in [0.1, 0.15) is 35.8 Å². The number of amides is 1. The van der Waals surface area contributed by atoms with E-state index in [1.165, 1.54) is 0 Å². The van der Waals surface area contributed by atoms with E-state index in [2.05, 4.69) is 15.3 Å². The minimum Gasteiger partial charge on any atom is -0.386 e. The Labute approximate surface area is 134 Å². The van der Waals surface area contributed by atoms with Crippen molar-refractivity contribution in [3.63, 3.8) is 0 Å². The van der Waals surface area contributed by atoms with E-state index in [9.17, 15) is 9.90 Å². The number of rotatable bonds is 4. The molecule has 3 heterocycles. The second kappa shape index (κ2) is 6.45. The molecular formula is C16H21N5O2. The van der Waals surface area contributed by atoms with E-state index in [0.29, 0.717) is 25.2 Å². The third-order valence-electron chi connectivity index (χ3n) is 4.25. The van der Waals surface area contributed by atoms with Crippen LogP contribution in [0.15, 0.2) is 30.7 Å². The van der Waals surface area contributed by atoms with Crippen LogP contribution in [0.3, 0.4) is 0 Å². The number of hydrogen-bond acceptors (Lipinski definition) is 5. The number of aliphatic hydroxyl groups is 1. The number of likely N-dealkylation sites (tertiary alicyclic amines) is 1. The molecule has 1 unspecified atom stereocenters. The Balaban J connectivity index is 1.76. The lowest BCUT2D eigenvalue weighted by Gasteiger charge is -2.39. The first kappa shape index (κ1) is 15.6. The van der Waals surface area contributed by atoms with Gasteiger partial charge in [0.1, 0.15) is 11.3 Å². The molecule has 1 atom stereocenters. The van der Waals surface area contributed by atoms with Gasteiger partial charge < -0.3 is 10.0 Å². The molecule has 2 aromatic rings. The predicted molar refractivity (Wildman–Crippen MR) is 83.7 cm³/mol. The molecule has 122 valence electrons. The van der Waals surface area contributed by atoms with Crippen molar-refractivity contribution in [1.82, 2.24) is 24.9 Å². The zero-order chi connectivity index (χ0) is 16.3. The van der Waals surface area contributed by atoms with Crippen LogP contribution >= 0.6 is 0 Å². The largest absolute Gasteiger partial charge is 0.386 e. The maximum atomic E-state index is 12.8. The molecule has 1 aliphatic rings. The van der Waals surface area contributed by atoms with Crippen molar-refractivity contribution in [3.05, 3.63) is 42.0 Å². The molecule has 1 fully saturated rings. The summed E-state index contributed by atoms with van der Waals surface area (Å²) < 4.78 is 1.60. The zero-order valence-corrected chi connectivity index (χ0v) is 13.2. The summed E-state index contributed by atoms with van der Waals surface area (Å²) in [6.45, 7) is 3.26. The second-order valence-corrected chi connectivity index (χ2v) is 6.02. The number of carbonyl (C=O) groups is 1. The van der Waals surface area contributed by atoms with Gasteiger partial charge in [0.15, 0.2) is 0 Å². The summed E-state index contributed by atoms with van der Waals surface area (Å²) >= 11 is 0. The molecule has 7 nitrogen and oxygen atoms in total. The SMILES string of the molecule is CCc1cccnc1C(=O)N1CCCC(O)(Cn2ccnn2)C1. The van der Waals surface area contributed by atoms with Crippen molar-refractivity contribution < 1.29 is 9.90 Å². The Morgan fingerprint density at radius 1 is 1.43 bits per heavy atom. The van der Waals surface area contributed by atoms with Crippen molar-refractivity contribution >= 4 is 5.91 Å². The number of piperidine rings is 1. The summed E-state index contributed by atoms with van der Waals surface area (Å²) in [6.07, 6.45) is 7.08. The fraction of sp³-hybridized carbons (Fsp3) is 0.500. The zero-order valence-electron chi connectivity index (χ0n) is 13.2. The standard InChI is InChI=1S/C16H21N5O2/c1-2-13-5-3-7-17-14(13)15(22)20-9-4-6-16(23,11-20)12-21-10-8-18-19-21/h3,5,7-8,10,23H,2,4,6,9,11-12H2,1H3. The van der Waals surface area contributed by atoms with Crippen LogP contribution in [0.25, 0.3) is 0 Å².